The smallest absolute Gasteiger partial charge is 0.274 e. The largest absolute Gasteiger partial charge is 0.371 e. The molecule has 182 valence electrons. The number of carbonyl (C=O) groups is 1. The third-order valence-corrected chi connectivity index (χ3v) is 8.51. The van der Waals surface area contributed by atoms with Gasteiger partial charge in [0.25, 0.3) is 11.5 Å². The van der Waals surface area contributed by atoms with Gasteiger partial charge in [0.1, 0.15) is 5.69 Å². The first kappa shape index (κ1) is 23.8. The molecule has 0 bridgehead atoms. The van der Waals surface area contributed by atoms with E-state index in [9.17, 15) is 18.4 Å². The van der Waals surface area contributed by atoms with Crippen molar-refractivity contribution in [3.63, 3.8) is 0 Å². The Kier molecular flexibility index (Phi) is 6.23. The molecule has 0 atom stereocenters. The quantitative estimate of drug-likeness (QED) is 0.442. The second-order valence-corrected chi connectivity index (χ2v) is 11.6. The molecule has 1 aromatic heterocycles. The molecule has 2 heterocycles. The minimum Gasteiger partial charge on any atom is -0.371 e. The topological polar surface area (TPSA) is 54.3 Å². The maximum absolute atomic E-state index is 13.6. The van der Waals surface area contributed by atoms with E-state index in [0.29, 0.717) is 11.0 Å². The highest BCUT2D eigenvalue weighted by atomic mass is 127. The molecule has 5 rings (SSSR count). The fraction of sp³-hybridized carbons (Fsp3) is 0.538. The number of aromatic nitrogens is 1. The van der Waals surface area contributed by atoms with Crippen LogP contribution in [0.1, 0.15) is 73.3 Å². The lowest BCUT2D eigenvalue weighted by Gasteiger charge is -2.35. The number of benzene rings is 1. The number of nitrogens with zero attached hydrogens (tertiary/aromatic N) is 2. The van der Waals surface area contributed by atoms with Crippen LogP contribution in [0.15, 0.2) is 35.3 Å². The van der Waals surface area contributed by atoms with Crippen LogP contribution in [0.4, 0.5) is 20.2 Å². The third kappa shape index (κ3) is 4.88. The molecule has 0 radical (unpaired) electrons. The minimum atomic E-state index is -2.66. The predicted octanol–water partition coefficient (Wildman–Crippen LogP) is 6.14. The van der Waals surface area contributed by atoms with Gasteiger partial charge in [0.2, 0.25) is 5.92 Å². The molecule has 3 aliphatic rings. The van der Waals surface area contributed by atoms with E-state index in [2.05, 4.69) is 32.8 Å². The van der Waals surface area contributed by atoms with Crippen LogP contribution in [0, 0.1) is 15.9 Å². The fourth-order valence-corrected chi connectivity index (χ4v) is 5.93. The van der Waals surface area contributed by atoms with Crippen LogP contribution in [-0.2, 0) is 0 Å². The molecule has 2 aromatic rings. The summed E-state index contributed by atoms with van der Waals surface area (Å²) in [5.74, 6) is -2.97. The zero-order valence-electron chi connectivity index (χ0n) is 19.4. The van der Waals surface area contributed by atoms with Crippen molar-refractivity contribution in [3.8, 4) is 0 Å². The summed E-state index contributed by atoms with van der Waals surface area (Å²) in [7, 11) is 0. The zero-order chi connectivity index (χ0) is 24.1. The third-order valence-electron chi connectivity index (χ3n) is 7.83. The number of hydrogen-bond donors (Lipinski definition) is 1. The van der Waals surface area contributed by atoms with Crippen LogP contribution in [0.3, 0.4) is 0 Å². The van der Waals surface area contributed by atoms with E-state index in [1.54, 1.807) is 12.3 Å². The van der Waals surface area contributed by atoms with Crippen LogP contribution in [0.5, 0.6) is 0 Å². The zero-order valence-corrected chi connectivity index (χ0v) is 21.5. The van der Waals surface area contributed by atoms with Crippen molar-refractivity contribution in [1.82, 2.24) is 4.57 Å². The van der Waals surface area contributed by atoms with Crippen LogP contribution in [0.2, 0.25) is 0 Å². The molecule has 3 fully saturated rings. The average Bonchev–Trinajstić information content (AvgIpc) is 3.55. The number of pyridine rings is 1. The molecule has 0 unspecified atom stereocenters. The van der Waals surface area contributed by atoms with Crippen molar-refractivity contribution in [2.75, 3.05) is 23.3 Å². The molecule has 1 amide bonds. The minimum absolute atomic E-state index is 0.197. The highest BCUT2D eigenvalue weighted by molar-refractivity contribution is 14.1. The van der Waals surface area contributed by atoms with Crippen molar-refractivity contribution in [3.05, 3.63) is 55.5 Å². The number of piperidine rings is 1. The maximum Gasteiger partial charge on any atom is 0.274 e. The van der Waals surface area contributed by atoms with E-state index >= 15 is 0 Å². The lowest BCUT2D eigenvalue weighted by molar-refractivity contribution is -0.0442. The number of alkyl halides is 2. The van der Waals surface area contributed by atoms with Gasteiger partial charge in [0.05, 0.1) is 11.3 Å². The van der Waals surface area contributed by atoms with E-state index in [0.717, 1.165) is 40.8 Å². The summed E-state index contributed by atoms with van der Waals surface area (Å²) in [5.41, 5.74) is 2.66. The summed E-state index contributed by atoms with van der Waals surface area (Å²) in [6, 6.07) is 7.16. The average molecular weight is 581 g/mol. The van der Waals surface area contributed by atoms with Gasteiger partial charge in [-0.15, -0.1) is 0 Å². The monoisotopic (exact) mass is 581 g/mol. The lowest BCUT2D eigenvalue weighted by atomic mass is 9.92. The molecule has 1 aliphatic heterocycles. The van der Waals surface area contributed by atoms with Crippen LogP contribution < -0.4 is 15.8 Å². The molecule has 1 saturated heterocycles. The summed E-state index contributed by atoms with van der Waals surface area (Å²) in [6.07, 6.45) is 6.72. The van der Waals surface area contributed by atoms with Gasteiger partial charge >= 0.3 is 0 Å². The number of anilines is 2. The van der Waals surface area contributed by atoms with E-state index < -0.39 is 5.92 Å². The lowest BCUT2D eigenvalue weighted by Crippen LogP contribution is -2.36. The van der Waals surface area contributed by atoms with Gasteiger partial charge < -0.3 is 14.8 Å². The number of halogens is 3. The van der Waals surface area contributed by atoms with Gasteiger partial charge in [-0.05, 0) is 103 Å². The first-order valence-electron chi connectivity index (χ1n) is 12.1. The summed E-state index contributed by atoms with van der Waals surface area (Å²) >= 11 is 2.26. The molecule has 5 nitrogen and oxygen atoms in total. The molecule has 34 heavy (non-hydrogen) atoms. The van der Waals surface area contributed by atoms with E-state index in [4.69, 9.17) is 0 Å². The summed E-state index contributed by atoms with van der Waals surface area (Å²) in [4.78, 5) is 28.9. The molecule has 1 spiro atoms. The Hall–Kier alpha value is -1.97. The molecule has 1 aromatic carbocycles. The van der Waals surface area contributed by atoms with Crippen LogP contribution in [-0.4, -0.2) is 29.5 Å². The Morgan fingerprint density at radius 1 is 1.06 bits per heavy atom. The normalized spacial score (nSPS) is 21.5. The van der Waals surface area contributed by atoms with E-state index in [1.807, 2.05) is 25.1 Å². The Balaban J connectivity index is 1.39. The number of carbonyl (C=O) groups excluding carboxylic acids is 1. The number of rotatable bonds is 4. The van der Waals surface area contributed by atoms with Gasteiger partial charge in [0, 0.05) is 41.7 Å². The second kappa shape index (κ2) is 8.91. The van der Waals surface area contributed by atoms with E-state index in [-0.39, 0.29) is 48.9 Å². The SMILES string of the molecule is Cc1cc(NC(=O)c2ccc(I)cc2N2CCC3(CC2)CC3)c(=O)n(C2CCC(F)(F)CC2)c1. The van der Waals surface area contributed by atoms with Gasteiger partial charge in [0.15, 0.2) is 0 Å². The number of nitrogens with one attached hydrogen (secondary N) is 1. The first-order valence-corrected chi connectivity index (χ1v) is 13.2. The van der Waals surface area contributed by atoms with Gasteiger partial charge in [-0.3, -0.25) is 9.59 Å². The molecule has 2 aliphatic carbocycles. The van der Waals surface area contributed by atoms with Crippen molar-refractivity contribution in [1.29, 1.82) is 0 Å². The number of amides is 1. The number of hydrogen-bond acceptors (Lipinski definition) is 3. The van der Waals surface area contributed by atoms with Crippen molar-refractivity contribution in [2.24, 2.45) is 5.41 Å². The molecular formula is C26H30F2IN3O2. The van der Waals surface area contributed by atoms with Crippen molar-refractivity contribution in [2.45, 2.75) is 70.3 Å². The Morgan fingerprint density at radius 3 is 2.38 bits per heavy atom. The summed E-state index contributed by atoms with van der Waals surface area (Å²) < 4.78 is 29.9. The number of aryl methyl sites for hydroxylation is 1. The van der Waals surface area contributed by atoms with Crippen LogP contribution in [0.25, 0.3) is 0 Å². The molecule has 8 heteroatoms. The Bertz CT molecular complexity index is 1160. The first-order chi connectivity index (χ1) is 16.1. The second-order valence-electron chi connectivity index (χ2n) is 10.3. The standard InChI is InChI=1S/C26H30F2IN3O2/c1-17-14-21(24(34)32(16-17)19-4-6-26(27,28)7-5-19)30-23(33)20-3-2-18(29)15-22(20)31-12-10-25(8-9-25)11-13-31/h2-3,14-16,19H,4-13H2,1H3,(H,30,33). The highest BCUT2D eigenvalue weighted by Gasteiger charge is 2.44. The van der Waals surface area contributed by atoms with Crippen molar-refractivity contribution >= 4 is 39.9 Å². The van der Waals surface area contributed by atoms with Gasteiger partial charge in [-0.2, -0.15) is 0 Å². The summed E-state index contributed by atoms with van der Waals surface area (Å²) in [6.45, 7) is 3.72. The summed E-state index contributed by atoms with van der Waals surface area (Å²) in [5, 5.41) is 2.84. The predicted molar refractivity (Wildman–Crippen MR) is 138 cm³/mol. The molecule has 2 saturated carbocycles. The van der Waals surface area contributed by atoms with Crippen LogP contribution >= 0.6 is 22.6 Å². The molecular weight excluding hydrogens is 551 g/mol. The Labute approximate surface area is 212 Å². The van der Waals surface area contributed by atoms with E-state index in [1.165, 1.54) is 17.4 Å². The highest BCUT2D eigenvalue weighted by Crippen LogP contribution is 2.54. The molecule has 1 N–H and O–H groups in total. The maximum atomic E-state index is 13.6. The van der Waals surface area contributed by atoms with Gasteiger partial charge in [-0.25, -0.2) is 8.78 Å². The fourth-order valence-electron chi connectivity index (χ4n) is 5.45. The Morgan fingerprint density at radius 2 is 1.74 bits per heavy atom. The van der Waals surface area contributed by atoms with Crippen molar-refractivity contribution < 1.29 is 13.6 Å². The van der Waals surface area contributed by atoms with Gasteiger partial charge in [-0.1, -0.05) is 0 Å².